The zero-order valence-electron chi connectivity index (χ0n) is 15.6. The van der Waals surface area contributed by atoms with E-state index < -0.39 is 10.0 Å². The van der Waals surface area contributed by atoms with Gasteiger partial charge in [0.05, 0.1) is 4.90 Å². The van der Waals surface area contributed by atoms with Crippen molar-refractivity contribution in [2.24, 2.45) is 0 Å². The summed E-state index contributed by atoms with van der Waals surface area (Å²) in [6.07, 6.45) is 4.22. The van der Waals surface area contributed by atoms with Crippen molar-refractivity contribution in [3.05, 3.63) is 29.8 Å². The number of hydrogen-bond acceptors (Lipinski definition) is 4. The molecular formula is C19H29N3O3S. The van der Waals surface area contributed by atoms with E-state index in [9.17, 15) is 13.2 Å². The van der Waals surface area contributed by atoms with Gasteiger partial charge in [-0.25, -0.2) is 8.42 Å². The van der Waals surface area contributed by atoms with E-state index in [4.69, 9.17) is 0 Å². The molecule has 0 aromatic heterocycles. The monoisotopic (exact) mass is 379 g/mol. The van der Waals surface area contributed by atoms with Crippen LogP contribution in [0.5, 0.6) is 0 Å². The molecule has 6 nitrogen and oxygen atoms in total. The first-order chi connectivity index (χ1) is 12.5. The Morgan fingerprint density at radius 1 is 0.962 bits per heavy atom. The maximum atomic E-state index is 12.7. The molecule has 2 heterocycles. The fourth-order valence-electron chi connectivity index (χ4n) is 3.59. The smallest absolute Gasteiger partial charge is 0.253 e. The van der Waals surface area contributed by atoms with Gasteiger partial charge in [0.25, 0.3) is 5.91 Å². The van der Waals surface area contributed by atoms with E-state index in [1.54, 1.807) is 24.3 Å². The van der Waals surface area contributed by atoms with E-state index >= 15 is 0 Å². The van der Waals surface area contributed by atoms with Gasteiger partial charge in [-0.1, -0.05) is 13.3 Å². The van der Waals surface area contributed by atoms with Gasteiger partial charge in [-0.3, -0.25) is 9.69 Å². The van der Waals surface area contributed by atoms with Gasteiger partial charge < -0.3 is 4.90 Å². The Balaban J connectivity index is 1.61. The van der Waals surface area contributed by atoms with E-state index in [1.807, 2.05) is 4.90 Å². The molecule has 0 radical (unpaired) electrons. The van der Waals surface area contributed by atoms with Crippen molar-refractivity contribution in [3.63, 3.8) is 0 Å². The summed E-state index contributed by atoms with van der Waals surface area (Å²) in [5.41, 5.74) is 0.562. The number of nitrogens with zero attached hydrogens (tertiary/aromatic N) is 3. The molecule has 7 heteroatoms. The summed E-state index contributed by atoms with van der Waals surface area (Å²) in [4.78, 5) is 17.2. The van der Waals surface area contributed by atoms with Crippen LogP contribution in [0.1, 0.15) is 43.0 Å². The van der Waals surface area contributed by atoms with Gasteiger partial charge in [0.15, 0.2) is 0 Å². The molecule has 0 unspecified atom stereocenters. The van der Waals surface area contributed by atoms with Crippen molar-refractivity contribution in [1.29, 1.82) is 0 Å². The lowest BCUT2D eigenvalue weighted by Gasteiger charge is -2.34. The number of unbranched alkanes of at least 4 members (excludes halogenated alkanes) is 1. The van der Waals surface area contributed by atoms with Crippen molar-refractivity contribution in [1.82, 2.24) is 14.1 Å². The minimum atomic E-state index is -3.42. The average molecular weight is 380 g/mol. The van der Waals surface area contributed by atoms with Crippen LogP contribution in [-0.4, -0.2) is 74.2 Å². The number of carbonyl (C=O) groups is 1. The molecule has 0 bridgehead atoms. The van der Waals surface area contributed by atoms with Gasteiger partial charge in [0.1, 0.15) is 0 Å². The van der Waals surface area contributed by atoms with Crippen molar-refractivity contribution >= 4 is 15.9 Å². The van der Waals surface area contributed by atoms with E-state index in [0.29, 0.717) is 18.7 Å². The number of piperazine rings is 1. The molecule has 2 aliphatic heterocycles. The first-order valence-electron chi connectivity index (χ1n) is 9.64. The second-order valence-corrected chi connectivity index (χ2v) is 9.06. The Hall–Kier alpha value is -1.44. The third-order valence-electron chi connectivity index (χ3n) is 5.29. The van der Waals surface area contributed by atoms with Crippen LogP contribution in [0.15, 0.2) is 29.2 Å². The summed E-state index contributed by atoms with van der Waals surface area (Å²) in [5.74, 6) is -0.00902. The Morgan fingerprint density at radius 2 is 1.58 bits per heavy atom. The predicted octanol–water partition coefficient (Wildman–Crippen LogP) is 2.03. The number of hydrogen-bond donors (Lipinski definition) is 0. The molecule has 3 rings (SSSR count). The molecule has 26 heavy (non-hydrogen) atoms. The second-order valence-electron chi connectivity index (χ2n) is 7.12. The zero-order valence-corrected chi connectivity index (χ0v) is 16.4. The van der Waals surface area contributed by atoms with Gasteiger partial charge in [0, 0.05) is 44.8 Å². The molecule has 0 atom stereocenters. The van der Waals surface area contributed by atoms with Crippen LogP contribution in [0.4, 0.5) is 0 Å². The molecule has 2 fully saturated rings. The van der Waals surface area contributed by atoms with Crippen LogP contribution in [0.25, 0.3) is 0 Å². The topological polar surface area (TPSA) is 60.9 Å². The Labute approximate surface area is 156 Å². The number of carbonyl (C=O) groups excluding carboxylic acids is 1. The molecule has 2 saturated heterocycles. The SMILES string of the molecule is CCCCN1CCN(C(=O)c2ccc(S(=O)(=O)N3CCCC3)cc2)CC1. The minimum Gasteiger partial charge on any atom is -0.336 e. The maximum Gasteiger partial charge on any atom is 0.253 e. The summed E-state index contributed by atoms with van der Waals surface area (Å²) in [6, 6.07) is 6.43. The first kappa shape index (κ1) is 19.3. The van der Waals surface area contributed by atoms with Crippen LogP contribution < -0.4 is 0 Å². The molecule has 1 amide bonds. The van der Waals surface area contributed by atoms with E-state index in [2.05, 4.69) is 11.8 Å². The minimum absolute atomic E-state index is 0.00902. The van der Waals surface area contributed by atoms with E-state index in [0.717, 1.165) is 45.6 Å². The lowest BCUT2D eigenvalue weighted by molar-refractivity contribution is 0.0635. The van der Waals surface area contributed by atoms with Crippen LogP contribution in [0.3, 0.4) is 0 Å². The predicted molar refractivity (Wildman–Crippen MR) is 102 cm³/mol. The molecular weight excluding hydrogens is 350 g/mol. The second kappa shape index (κ2) is 8.50. The highest BCUT2D eigenvalue weighted by Gasteiger charge is 2.28. The van der Waals surface area contributed by atoms with Crippen molar-refractivity contribution in [2.75, 3.05) is 45.8 Å². The van der Waals surface area contributed by atoms with Crippen molar-refractivity contribution in [3.8, 4) is 0 Å². The highest BCUT2D eigenvalue weighted by molar-refractivity contribution is 7.89. The number of benzene rings is 1. The molecule has 0 aliphatic carbocycles. The lowest BCUT2D eigenvalue weighted by atomic mass is 10.2. The van der Waals surface area contributed by atoms with Gasteiger partial charge >= 0.3 is 0 Å². The van der Waals surface area contributed by atoms with Gasteiger partial charge in [-0.15, -0.1) is 0 Å². The summed E-state index contributed by atoms with van der Waals surface area (Å²) < 4.78 is 26.7. The van der Waals surface area contributed by atoms with E-state index in [-0.39, 0.29) is 10.8 Å². The molecule has 2 aliphatic rings. The quantitative estimate of drug-likeness (QED) is 0.759. The highest BCUT2D eigenvalue weighted by Crippen LogP contribution is 2.21. The molecule has 144 valence electrons. The third kappa shape index (κ3) is 4.27. The fraction of sp³-hybridized carbons (Fsp3) is 0.632. The number of amides is 1. The lowest BCUT2D eigenvalue weighted by Crippen LogP contribution is -2.48. The highest BCUT2D eigenvalue weighted by atomic mass is 32.2. The summed E-state index contributed by atoms with van der Waals surface area (Å²) in [5, 5.41) is 0. The number of rotatable bonds is 6. The third-order valence-corrected chi connectivity index (χ3v) is 7.20. The van der Waals surface area contributed by atoms with E-state index in [1.165, 1.54) is 17.1 Å². The van der Waals surface area contributed by atoms with Crippen molar-refractivity contribution < 1.29 is 13.2 Å². The van der Waals surface area contributed by atoms with Crippen LogP contribution in [0, 0.1) is 0 Å². The van der Waals surface area contributed by atoms with Gasteiger partial charge in [0.2, 0.25) is 10.0 Å². The van der Waals surface area contributed by atoms with Crippen LogP contribution in [-0.2, 0) is 10.0 Å². The summed E-state index contributed by atoms with van der Waals surface area (Å²) in [7, 11) is -3.42. The normalized spacial score (nSPS) is 19.8. The molecule has 0 saturated carbocycles. The van der Waals surface area contributed by atoms with Crippen LogP contribution in [0.2, 0.25) is 0 Å². The molecule has 0 spiro atoms. The van der Waals surface area contributed by atoms with Crippen molar-refractivity contribution in [2.45, 2.75) is 37.5 Å². The van der Waals surface area contributed by atoms with Gasteiger partial charge in [-0.2, -0.15) is 4.31 Å². The molecule has 1 aromatic carbocycles. The average Bonchev–Trinajstić information content (AvgIpc) is 3.22. The maximum absolute atomic E-state index is 12.7. The Bertz CT molecular complexity index is 704. The standard InChI is InChI=1S/C19H29N3O3S/c1-2-3-10-20-13-15-21(16-14-20)19(23)17-6-8-18(9-7-17)26(24,25)22-11-4-5-12-22/h6-9H,2-5,10-16H2,1H3. The summed E-state index contributed by atoms with van der Waals surface area (Å²) >= 11 is 0. The van der Waals surface area contributed by atoms with Gasteiger partial charge in [-0.05, 0) is 50.1 Å². The Morgan fingerprint density at radius 3 is 2.15 bits per heavy atom. The molecule has 0 N–H and O–H groups in total. The molecule has 1 aromatic rings. The fourth-order valence-corrected chi connectivity index (χ4v) is 5.10. The Kier molecular flexibility index (Phi) is 6.32. The summed E-state index contributed by atoms with van der Waals surface area (Å²) in [6.45, 7) is 7.75. The number of sulfonamides is 1. The van der Waals surface area contributed by atoms with Crippen LogP contribution >= 0.6 is 0 Å². The largest absolute Gasteiger partial charge is 0.336 e. The zero-order chi connectivity index (χ0) is 18.6. The first-order valence-corrected chi connectivity index (χ1v) is 11.1.